The van der Waals surface area contributed by atoms with Crippen LogP contribution in [-0.2, 0) is 11.2 Å². The van der Waals surface area contributed by atoms with Crippen LogP contribution in [0.4, 0.5) is 0 Å². The van der Waals surface area contributed by atoms with Gasteiger partial charge in [0, 0.05) is 6.54 Å². The van der Waals surface area contributed by atoms with Gasteiger partial charge in [-0.1, -0.05) is 54.6 Å². The van der Waals surface area contributed by atoms with Gasteiger partial charge in [0.2, 0.25) is 0 Å². The molecule has 0 bridgehead atoms. The fourth-order valence-corrected chi connectivity index (χ4v) is 1.85. The summed E-state index contributed by atoms with van der Waals surface area (Å²) in [7, 11) is 0. The Labute approximate surface area is 112 Å². The lowest BCUT2D eigenvalue weighted by molar-refractivity contribution is -0.115. The van der Waals surface area contributed by atoms with Gasteiger partial charge in [-0.15, -0.1) is 0 Å². The minimum Gasteiger partial charge on any atom is -0.343 e. The number of benzene rings is 2. The van der Waals surface area contributed by atoms with Crippen LogP contribution in [0.5, 0.6) is 0 Å². The second-order valence-corrected chi connectivity index (χ2v) is 4.18. The van der Waals surface area contributed by atoms with Crippen molar-refractivity contribution in [3.8, 4) is 17.2 Å². The summed E-state index contributed by atoms with van der Waals surface area (Å²) in [6.07, 6.45) is 0.725. The lowest BCUT2D eigenvalue weighted by atomic mass is 10.0. The van der Waals surface area contributed by atoms with Crippen molar-refractivity contribution in [2.45, 2.75) is 6.42 Å². The van der Waals surface area contributed by atoms with Crippen molar-refractivity contribution in [3.05, 3.63) is 60.2 Å². The van der Waals surface area contributed by atoms with Crippen molar-refractivity contribution in [2.75, 3.05) is 6.54 Å². The van der Waals surface area contributed by atoms with Crippen LogP contribution < -0.4 is 5.32 Å². The molecule has 0 aliphatic heterocycles. The van der Waals surface area contributed by atoms with E-state index < -0.39 is 5.91 Å². The van der Waals surface area contributed by atoms with Crippen LogP contribution in [0, 0.1) is 11.3 Å². The van der Waals surface area contributed by atoms with Gasteiger partial charge in [-0.2, -0.15) is 5.26 Å². The van der Waals surface area contributed by atoms with Crippen LogP contribution in [0.3, 0.4) is 0 Å². The molecule has 2 aromatic rings. The first-order chi connectivity index (χ1) is 9.29. The Morgan fingerprint density at radius 1 is 1.00 bits per heavy atom. The van der Waals surface area contributed by atoms with E-state index in [1.807, 2.05) is 30.3 Å². The highest BCUT2D eigenvalue weighted by molar-refractivity contribution is 5.91. The largest absolute Gasteiger partial charge is 0.343 e. The molecule has 0 unspecified atom stereocenters. The van der Waals surface area contributed by atoms with Crippen LogP contribution in [0.25, 0.3) is 11.1 Å². The maximum Gasteiger partial charge on any atom is 0.322 e. The standard InChI is InChI=1S/C16H14N2O/c17-12-16(19)18-11-10-13-6-8-15(9-7-13)14-4-2-1-3-5-14/h1-9H,10-11H2,(H,18,19). The minimum atomic E-state index is -0.582. The van der Waals surface area contributed by atoms with Gasteiger partial charge in [0.1, 0.15) is 0 Å². The Hall–Kier alpha value is -2.60. The number of amides is 1. The first kappa shape index (κ1) is 12.8. The molecule has 0 aromatic heterocycles. The molecular formula is C16H14N2O. The van der Waals surface area contributed by atoms with Gasteiger partial charge in [0.15, 0.2) is 6.07 Å². The topological polar surface area (TPSA) is 52.9 Å². The van der Waals surface area contributed by atoms with Crippen molar-refractivity contribution < 1.29 is 4.79 Å². The number of hydrogen-bond donors (Lipinski definition) is 1. The molecule has 0 saturated heterocycles. The zero-order valence-electron chi connectivity index (χ0n) is 10.5. The van der Waals surface area contributed by atoms with Crippen LogP contribution in [-0.4, -0.2) is 12.5 Å². The number of nitriles is 1. The van der Waals surface area contributed by atoms with E-state index >= 15 is 0 Å². The molecule has 0 aliphatic rings. The lowest BCUT2D eigenvalue weighted by Crippen LogP contribution is -2.23. The van der Waals surface area contributed by atoms with Gasteiger partial charge in [-0.05, 0) is 23.1 Å². The van der Waals surface area contributed by atoms with Crippen LogP contribution in [0.1, 0.15) is 5.56 Å². The Bertz CT molecular complexity index is 582. The molecule has 3 nitrogen and oxygen atoms in total. The predicted octanol–water partition coefficient (Wildman–Crippen LogP) is 2.54. The maximum atomic E-state index is 10.8. The summed E-state index contributed by atoms with van der Waals surface area (Å²) in [5, 5.41) is 10.9. The van der Waals surface area contributed by atoms with Gasteiger partial charge in [-0.3, -0.25) is 4.79 Å². The smallest absolute Gasteiger partial charge is 0.322 e. The van der Waals surface area contributed by atoms with E-state index in [1.165, 1.54) is 17.2 Å². The number of nitrogens with one attached hydrogen (secondary N) is 1. The number of carbonyl (C=O) groups excluding carboxylic acids is 1. The third-order valence-corrected chi connectivity index (χ3v) is 2.86. The number of nitrogens with zero attached hydrogens (tertiary/aromatic N) is 1. The molecular weight excluding hydrogens is 236 g/mol. The Morgan fingerprint density at radius 3 is 2.26 bits per heavy atom. The molecule has 0 fully saturated rings. The number of rotatable bonds is 4. The van der Waals surface area contributed by atoms with Crippen molar-refractivity contribution in [1.29, 1.82) is 5.26 Å². The molecule has 0 spiro atoms. The van der Waals surface area contributed by atoms with Crippen molar-refractivity contribution in [2.24, 2.45) is 0 Å². The molecule has 0 heterocycles. The van der Waals surface area contributed by atoms with Crippen LogP contribution in [0.15, 0.2) is 54.6 Å². The fraction of sp³-hybridized carbons (Fsp3) is 0.125. The molecule has 2 aromatic carbocycles. The van der Waals surface area contributed by atoms with Gasteiger partial charge < -0.3 is 5.32 Å². The monoisotopic (exact) mass is 250 g/mol. The zero-order chi connectivity index (χ0) is 13.5. The second kappa shape index (κ2) is 6.36. The SMILES string of the molecule is N#CC(=O)NCCc1ccc(-c2ccccc2)cc1. The second-order valence-electron chi connectivity index (χ2n) is 4.18. The molecule has 1 N–H and O–H groups in total. The van der Waals surface area contributed by atoms with E-state index in [2.05, 4.69) is 29.6 Å². The Morgan fingerprint density at radius 2 is 1.63 bits per heavy atom. The number of carbonyl (C=O) groups is 1. The van der Waals surface area contributed by atoms with E-state index in [4.69, 9.17) is 5.26 Å². The summed E-state index contributed by atoms with van der Waals surface area (Å²) in [6.45, 7) is 0.483. The van der Waals surface area contributed by atoms with Crippen LogP contribution >= 0.6 is 0 Å². The third-order valence-electron chi connectivity index (χ3n) is 2.86. The van der Waals surface area contributed by atoms with Gasteiger partial charge in [0.25, 0.3) is 0 Å². The molecule has 1 amide bonds. The van der Waals surface area contributed by atoms with E-state index in [1.54, 1.807) is 0 Å². The number of hydrogen-bond acceptors (Lipinski definition) is 2. The van der Waals surface area contributed by atoms with Gasteiger partial charge in [0.05, 0.1) is 0 Å². The maximum absolute atomic E-state index is 10.8. The summed E-state index contributed by atoms with van der Waals surface area (Å²) in [4.78, 5) is 10.8. The molecule has 0 radical (unpaired) electrons. The molecule has 19 heavy (non-hydrogen) atoms. The highest BCUT2D eigenvalue weighted by Crippen LogP contribution is 2.19. The van der Waals surface area contributed by atoms with Gasteiger partial charge >= 0.3 is 5.91 Å². The summed E-state index contributed by atoms with van der Waals surface area (Å²) in [5.74, 6) is -0.582. The summed E-state index contributed by atoms with van der Waals surface area (Å²) in [6, 6.07) is 19.9. The van der Waals surface area contributed by atoms with E-state index in [0.717, 1.165) is 12.0 Å². The summed E-state index contributed by atoms with van der Waals surface area (Å²) < 4.78 is 0. The highest BCUT2D eigenvalue weighted by Gasteiger charge is 1.99. The van der Waals surface area contributed by atoms with Crippen LogP contribution in [0.2, 0.25) is 0 Å². The highest BCUT2D eigenvalue weighted by atomic mass is 16.1. The molecule has 3 heteroatoms. The first-order valence-corrected chi connectivity index (χ1v) is 6.12. The predicted molar refractivity (Wildman–Crippen MR) is 74.2 cm³/mol. The average molecular weight is 250 g/mol. The molecule has 94 valence electrons. The Kier molecular flexibility index (Phi) is 4.30. The van der Waals surface area contributed by atoms with E-state index in [-0.39, 0.29) is 0 Å². The normalized spacial score (nSPS) is 9.63. The van der Waals surface area contributed by atoms with E-state index in [9.17, 15) is 4.79 Å². The molecule has 0 atom stereocenters. The quantitative estimate of drug-likeness (QED) is 0.848. The fourth-order valence-electron chi connectivity index (χ4n) is 1.85. The minimum absolute atomic E-state index is 0.483. The molecule has 0 saturated carbocycles. The Balaban J connectivity index is 1.96. The van der Waals surface area contributed by atoms with Gasteiger partial charge in [-0.25, -0.2) is 0 Å². The first-order valence-electron chi connectivity index (χ1n) is 6.12. The van der Waals surface area contributed by atoms with Crippen molar-refractivity contribution in [1.82, 2.24) is 5.32 Å². The zero-order valence-corrected chi connectivity index (χ0v) is 10.5. The average Bonchev–Trinajstić information content (AvgIpc) is 2.48. The van der Waals surface area contributed by atoms with Crippen molar-refractivity contribution in [3.63, 3.8) is 0 Å². The third kappa shape index (κ3) is 3.68. The molecule has 0 aliphatic carbocycles. The van der Waals surface area contributed by atoms with Crippen molar-refractivity contribution >= 4 is 5.91 Å². The van der Waals surface area contributed by atoms with E-state index in [0.29, 0.717) is 6.54 Å². The lowest BCUT2D eigenvalue weighted by Gasteiger charge is -2.04. The molecule has 2 rings (SSSR count). The summed E-state index contributed by atoms with van der Waals surface area (Å²) in [5.41, 5.74) is 3.50. The summed E-state index contributed by atoms with van der Waals surface area (Å²) >= 11 is 0.